The summed E-state index contributed by atoms with van der Waals surface area (Å²) >= 11 is 3.04. The average Bonchev–Trinajstić information content (AvgIpc) is 4.04. The van der Waals surface area contributed by atoms with Crippen LogP contribution in [0, 0.1) is 29.7 Å². The SMILES string of the molecule is [C-]#[N+]/C(=C1/CC(c2ccc(OCC(C)CCC)cc2)=c2c1c(-c1ccc(OCC(C)CCC)cc1)[nH]/c2=C(/C#N)c1nc2ccccc2s1)c1nc2ccccc2s1. The Labute approximate surface area is 347 Å². The van der Waals surface area contributed by atoms with Crippen molar-refractivity contribution in [2.75, 3.05) is 13.2 Å². The number of thiazole rings is 2. The normalized spacial score (nSPS) is 14.8. The van der Waals surface area contributed by atoms with Gasteiger partial charge in [0, 0.05) is 10.8 Å². The molecule has 7 aromatic rings. The minimum atomic E-state index is 0.460. The number of fused-ring (bicyclic) bond motifs is 3. The van der Waals surface area contributed by atoms with Crippen molar-refractivity contribution in [3.05, 3.63) is 140 Å². The fourth-order valence-corrected chi connectivity index (χ4v) is 9.77. The van der Waals surface area contributed by atoms with Gasteiger partial charge in [0.15, 0.2) is 0 Å². The number of H-pyrrole nitrogens is 1. The van der Waals surface area contributed by atoms with Crippen LogP contribution < -0.4 is 20.0 Å². The number of rotatable bonds is 14. The molecule has 3 aromatic heterocycles. The maximum Gasteiger partial charge on any atom is 0.226 e. The van der Waals surface area contributed by atoms with E-state index in [-0.39, 0.29) is 0 Å². The van der Waals surface area contributed by atoms with E-state index in [1.807, 2.05) is 72.8 Å². The zero-order valence-corrected chi connectivity index (χ0v) is 34.9. The summed E-state index contributed by atoms with van der Waals surface area (Å²) in [7, 11) is 0. The molecule has 3 heterocycles. The van der Waals surface area contributed by atoms with Crippen LogP contribution in [0.3, 0.4) is 0 Å². The number of allylic oxidation sites excluding steroid dienone is 1. The number of aromatic nitrogens is 3. The number of ether oxygens (including phenoxy) is 2. The van der Waals surface area contributed by atoms with E-state index in [4.69, 9.17) is 26.0 Å². The molecular formula is C49H45N5O2S2. The van der Waals surface area contributed by atoms with Gasteiger partial charge in [0.1, 0.15) is 33.2 Å². The number of benzene rings is 4. The van der Waals surface area contributed by atoms with E-state index in [1.54, 1.807) is 0 Å². The van der Waals surface area contributed by atoms with Crippen molar-refractivity contribution in [3.63, 3.8) is 0 Å². The van der Waals surface area contributed by atoms with Gasteiger partial charge in [-0.1, -0.05) is 76.9 Å². The van der Waals surface area contributed by atoms with Crippen LogP contribution in [0.2, 0.25) is 0 Å². The maximum atomic E-state index is 11.0. The highest BCUT2D eigenvalue weighted by Crippen LogP contribution is 2.43. The van der Waals surface area contributed by atoms with Crippen molar-refractivity contribution in [3.8, 4) is 28.8 Å². The molecule has 0 saturated carbocycles. The lowest BCUT2D eigenvalue weighted by Gasteiger charge is -2.13. The Kier molecular flexibility index (Phi) is 11.5. The lowest BCUT2D eigenvalue weighted by Crippen LogP contribution is -2.28. The monoisotopic (exact) mass is 799 g/mol. The van der Waals surface area contributed by atoms with Crippen molar-refractivity contribution >= 4 is 65.5 Å². The zero-order chi connectivity index (χ0) is 40.2. The molecule has 0 radical (unpaired) electrons. The van der Waals surface area contributed by atoms with Crippen molar-refractivity contribution in [2.45, 2.75) is 59.8 Å². The fourth-order valence-electron chi connectivity index (χ4n) is 7.82. The summed E-state index contributed by atoms with van der Waals surface area (Å²) in [5.74, 6) is 2.55. The minimum Gasteiger partial charge on any atom is -0.493 e. The van der Waals surface area contributed by atoms with Gasteiger partial charge >= 0.3 is 0 Å². The van der Waals surface area contributed by atoms with Gasteiger partial charge in [0.2, 0.25) is 5.70 Å². The van der Waals surface area contributed by atoms with E-state index in [0.29, 0.717) is 58.1 Å². The second kappa shape index (κ2) is 17.2. The van der Waals surface area contributed by atoms with E-state index in [2.05, 4.69) is 67.9 Å². The topological polar surface area (TPSA) is 88.2 Å². The van der Waals surface area contributed by atoms with E-state index in [9.17, 15) is 5.26 Å². The molecule has 1 aliphatic carbocycles. The molecule has 8 rings (SSSR count). The molecule has 2 unspecified atom stereocenters. The van der Waals surface area contributed by atoms with E-state index in [0.717, 1.165) is 96.4 Å². The largest absolute Gasteiger partial charge is 0.493 e. The summed E-state index contributed by atoms with van der Waals surface area (Å²) in [6.07, 6.45) is 4.96. The molecule has 0 fully saturated rings. The third-order valence-corrected chi connectivity index (χ3v) is 12.8. The lowest BCUT2D eigenvalue weighted by atomic mass is 9.99. The number of aromatic amines is 1. The quantitative estimate of drug-likeness (QED) is 0.111. The molecule has 7 nitrogen and oxygen atoms in total. The van der Waals surface area contributed by atoms with Crippen LogP contribution in [-0.2, 0) is 0 Å². The van der Waals surface area contributed by atoms with Gasteiger partial charge < -0.3 is 14.5 Å². The Bertz CT molecular complexity index is 2780. The van der Waals surface area contributed by atoms with Crippen LogP contribution >= 0.6 is 22.7 Å². The van der Waals surface area contributed by atoms with Crippen LogP contribution in [0.5, 0.6) is 11.5 Å². The predicted molar refractivity (Wildman–Crippen MR) is 239 cm³/mol. The molecule has 0 amide bonds. The maximum absolute atomic E-state index is 11.0. The van der Waals surface area contributed by atoms with Crippen LogP contribution in [0.4, 0.5) is 0 Å². The smallest absolute Gasteiger partial charge is 0.226 e. The third-order valence-electron chi connectivity index (χ3n) is 10.7. The van der Waals surface area contributed by atoms with Crippen molar-refractivity contribution in [2.24, 2.45) is 11.8 Å². The predicted octanol–water partition coefficient (Wildman–Crippen LogP) is 11.6. The summed E-state index contributed by atoms with van der Waals surface area (Å²) in [5, 5.41) is 13.9. The highest BCUT2D eigenvalue weighted by atomic mass is 32.1. The zero-order valence-electron chi connectivity index (χ0n) is 33.3. The fraction of sp³-hybridized carbons (Fsp3) is 0.265. The molecule has 2 atom stereocenters. The first-order chi connectivity index (χ1) is 28.4. The van der Waals surface area contributed by atoms with Crippen LogP contribution in [0.15, 0.2) is 97.1 Å². The first-order valence-corrected chi connectivity index (χ1v) is 21.7. The second-order valence-electron chi connectivity index (χ2n) is 15.1. The molecule has 9 heteroatoms. The molecule has 4 aromatic carbocycles. The van der Waals surface area contributed by atoms with Gasteiger partial charge in [-0.2, -0.15) is 5.26 Å². The lowest BCUT2D eigenvalue weighted by molar-refractivity contribution is 0.251. The summed E-state index contributed by atoms with van der Waals surface area (Å²) < 4.78 is 14.5. The number of nitrogens with one attached hydrogen (secondary N) is 1. The Balaban J connectivity index is 1.37. The number of para-hydroxylation sites is 2. The van der Waals surface area contributed by atoms with Gasteiger partial charge in [-0.05, 0) is 114 Å². The molecule has 0 aliphatic heterocycles. The second-order valence-corrected chi connectivity index (χ2v) is 17.2. The number of nitriles is 1. The van der Waals surface area contributed by atoms with E-state index >= 15 is 0 Å². The van der Waals surface area contributed by atoms with Gasteiger partial charge in [-0.15, -0.1) is 22.7 Å². The van der Waals surface area contributed by atoms with E-state index < -0.39 is 0 Å². The summed E-state index contributed by atoms with van der Waals surface area (Å²) in [6, 6.07) is 35.0. The van der Waals surface area contributed by atoms with Crippen LogP contribution in [-0.4, -0.2) is 28.2 Å². The Hall–Kier alpha value is -6.00. The number of nitrogens with zero attached hydrogens (tertiary/aromatic N) is 4. The summed E-state index contributed by atoms with van der Waals surface area (Å²) in [4.78, 5) is 17.9. The number of hydrogen-bond acceptors (Lipinski definition) is 7. The first-order valence-electron chi connectivity index (χ1n) is 20.1. The van der Waals surface area contributed by atoms with Gasteiger partial charge in [-0.3, -0.25) is 0 Å². The number of hydrogen-bond donors (Lipinski definition) is 1. The Morgan fingerprint density at radius 3 is 1.84 bits per heavy atom. The van der Waals surface area contributed by atoms with Crippen molar-refractivity contribution in [1.82, 2.24) is 15.0 Å². The van der Waals surface area contributed by atoms with Gasteiger partial charge in [-0.25, -0.2) is 14.8 Å². The summed E-state index contributed by atoms with van der Waals surface area (Å²) in [6.45, 7) is 18.8. The van der Waals surface area contributed by atoms with Crippen LogP contribution in [0.1, 0.15) is 80.9 Å². The molecule has 1 aliphatic rings. The van der Waals surface area contributed by atoms with Gasteiger partial charge in [0.25, 0.3) is 0 Å². The van der Waals surface area contributed by atoms with E-state index in [1.165, 1.54) is 22.7 Å². The molecular weight excluding hydrogens is 755 g/mol. The summed E-state index contributed by atoms with van der Waals surface area (Å²) in [5.41, 5.74) is 8.25. The average molecular weight is 800 g/mol. The highest BCUT2D eigenvalue weighted by Gasteiger charge is 2.31. The highest BCUT2D eigenvalue weighted by molar-refractivity contribution is 7.20. The van der Waals surface area contributed by atoms with Gasteiger partial charge in [0.05, 0.1) is 51.3 Å². The first kappa shape index (κ1) is 38.9. The standard InChI is InChI=1S/C49H45N5O2S2/c1-6-12-30(3)28-55-34-22-18-32(19-23-34)36-26-37(47(51-5)49-53-40-15-9-11-17-42(40)58-49)44-43(36)46(38(27-50)48-52-39-14-8-10-16-41(39)57-48)54-45(44)33-20-24-35(25-21-33)56-29-31(4)13-7-2/h8-11,14-25,30-31,54H,6-7,12-13,26,28-29H2,1-4H3/b46-38-,47-37-. The molecule has 58 heavy (non-hydrogen) atoms. The Morgan fingerprint density at radius 2 is 1.31 bits per heavy atom. The molecule has 0 saturated heterocycles. The molecule has 0 spiro atoms. The molecule has 290 valence electrons. The minimum absolute atomic E-state index is 0.460. The Morgan fingerprint density at radius 1 is 0.776 bits per heavy atom. The third kappa shape index (κ3) is 7.81. The van der Waals surface area contributed by atoms with Crippen molar-refractivity contribution < 1.29 is 9.47 Å². The molecule has 1 N–H and O–H groups in total. The van der Waals surface area contributed by atoms with Crippen LogP contribution in [0.25, 0.3) is 59.0 Å². The molecule has 0 bridgehead atoms. The van der Waals surface area contributed by atoms with Crippen molar-refractivity contribution in [1.29, 1.82) is 5.26 Å².